The Balaban J connectivity index is 1.62. The van der Waals surface area contributed by atoms with Gasteiger partial charge < -0.3 is 10.5 Å². The molecule has 0 aliphatic rings. The third kappa shape index (κ3) is 4.21. The lowest BCUT2D eigenvalue weighted by atomic mass is 10.1. The Hall–Kier alpha value is -2.86. The molecule has 0 saturated heterocycles. The number of carbonyl (C=O) groups excluding carboxylic acids is 1. The van der Waals surface area contributed by atoms with Gasteiger partial charge in [0.15, 0.2) is 6.61 Å². The lowest BCUT2D eigenvalue weighted by Crippen LogP contribution is -2.25. The zero-order chi connectivity index (χ0) is 18.5. The maximum absolute atomic E-state index is 12.0. The van der Waals surface area contributed by atoms with Gasteiger partial charge in [0.05, 0.1) is 10.2 Å². The SMILES string of the molecule is C/C(=N/NC(=O)COc1ccc2ccccc2c1Br)c1cccc(N)c1. The van der Waals surface area contributed by atoms with E-state index in [0.29, 0.717) is 17.1 Å². The summed E-state index contributed by atoms with van der Waals surface area (Å²) in [7, 11) is 0. The van der Waals surface area contributed by atoms with Gasteiger partial charge in [-0.25, -0.2) is 5.43 Å². The fourth-order valence-corrected chi connectivity index (χ4v) is 3.08. The number of nitrogens with zero attached hydrogens (tertiary/aromatic N) is 1. The minimum absolute atomic E-state index is 0.134. The van der Waals surface area contributed by atoms with Crippen molar-refractivity contribution in [2.75, 3.05) is 12.3 Å². The highest BCUT2D eigenvalue weighted by molar-refractivity contribution is 9.10. The zero-order valence-electron chi connectivity index (χ0n) is 14.2. The van der Waals surface area contributed by atoms with Crippen LogP contribution in [0.5, 0.6) is 5.75 Å². The monoisotopic (exact) mass is 411 g/mol. The number of hydrogen-bond acceptors (Lipinski definition) is 4. The summed E-state index contributed by atoms with van der Waals surface area (Å²) in [4.78, 5) is 12.0. The highest BCUT2D eigenvalue weighted by Crippen LogP contribution is 2.32. The van der Waals surface area contributed by atoms with Crippen LogP contribution in [0.15, 0.2) is 70.2 Å². The molecule has 1 amide bonds. The van der Waals surface area contributed by atoms with Crippen molar-refractivity contribution in [2.24, 2.45) is 5.10 Å². The first-order valence-electron chi connectivity index (χ1n) is 8.03. The number of nitrogen functional groups attached to an aromatic ring is 1. The molecule has 0 aromatic heterocycles. The molecule has 26 heavy (non-hydrogen) atoms. The molecule has 0 spiro atoms. The molecule has 0 saturated carbocycles. The van der Waals surface area contributed by atoms with Crippen LogP contribution in [0.3, 0.4) is 0 Å². The Morgan fingerprint density at radius 3 is 2.77 bits per heavy atom. The van der Waals surface area contributed by atoms with Crippen molar-refractivity contribution in [1.29, 1.82) is 0 Å². The van der Waals surface area contributed by atoms with Crippen LogP contribution in [0.25, 0.3) is 10.8 Å². The summed E-state index contributed by atoms with van der Waals surface area (Å²) in [6.45, 7) is 1.67. The number of ether oxygens (including phenoxy) is 1. The lowest BCUT2D eigenvalue weighted by molar-refractivity contribution is -0.123. The molecular weight excluding hydrogens is 394 g/mol. The van der Waals surface area contributed by atoms with Crippen molar-refractivity contribution in [2.45, 2.75) is 6.92 Å². The number of hydrazone groups is 1. The van der Waals surface area contributed by atoms with Crippen molar-refractivity contribution in [3.05, 3.63) is 70.7 Å². The number of benzene rings is 3. The van der Waals surface area contributed by atoms with E-state index in [4.69, 9.17) is 10.5 Å². The van der Waals surface area contributed by atoms with Crippen LogP contribution in [-0.4, -0.2) is 18.2 Å². The molecule has 3 aromatic rings. The average molecular weight is 412 g/mol. The molecule has 0 radical (unpaired) electrons. The Labute approximate surface area is 160 Å². The molecule has 0 atom stereocenters. The third-order valence-electron chi connectivity index (χ3n) is 3.84. The molecule has 0 fully saturated rings. The van der Waals surface area contributed by atoms with Gasteiger partial charge in [0.25, 0.3) is 5.91 Å². The van der Waals surface area contributed by atoms with Gasteiger partial charge in [-0.15, -0.1) is 0 Å². The van der Waals surface area contributed by atoms with Crippen molar-refractivity contribution in [3.63, 3.8) is 0 Å². The van der Waals surface area contributed by atoms with Crippen LogP contribution in [0, 0.1) is 0 Å². The second-order valence-corrected chi connectivity index (χ2v) is 6.54. The van der Waals surface area contributed by atoms with Crippen LogP contribution >= 0.6 is 15.9 Å². The zero-order valence-corrected chi connectivity index (χ0v) is 15.8. The minimum atomic E-state index is -0.340. The predicted octanol–water partition coefficient (Wildman–Crippen LogP) is 4.10. The first-order valence-corrected chi connectivity index (χ1v) is 8.83. The van der Waals surface area contributed by atoms with Crippen LogP contribution in [0.4, 0.5) is 5.69 Å². The standard InChI is InChI=1S/C20H18BrN3O2/c1-13(15-6-4-7-16(22)11-15)23-24-19(25)12-26-18-10-9-14-5-2-3-8-17(14)20(18)21/h2-11H,12,22H2,1H3,(H,24,25)/b23-13-. The number of carbonyl (C=O) groups is 1. The molecule has 0 bridgehead atoms. The summed E-state index contributed by atoms with van der Waals surface area (Å²) in [5.41, 5.74) is 10.4. The summed E-state index contributed by atoms with van der Waals surface area (Å²) >= 11 is 3.54. The first-order chi connectivity index (χ1) is 12.5. The van der Waals surface area contributed by atoms with E-state index in [1.807, 2.05) is 48.5 Å². The number of fused-ring (bicyclic) bond motifs is 1. The van der Waals surface area contributed by atoms with E-state index < -0.39 is 0 Å². The lowest BCUT2D eigenvalue weighted by Gasteiger charge is -2.10. The van der Waals surface area contributed by atoms with E-state index in [-0.39, 0.29) is 12.5 Å². The van der Waals surface area contributed by atoms with E-state index in [1.165, 1.54) is 0 Å². The van der Waals surface area contributed by atoms with Crippen LogP contribution in [-0.2, 0) is 4.79 Å². The molecule has 3 N–H and O–H groups in total. The van der Waals surface area contributed by atoms with E-state index >= 15 is 0 Å². The summed E-state index contributed by atoms with van der Waals surface area (Å²) in [6, 6.07) is 19.0. The fourth-order valence-electron chi connectivity index (χ4n) is 2.48. The van der Waals surface area contributed by atoms with Gasteiger partial charge in [-0.1, -0.05) is 42.5 Å². The summed E-state index contributed by atoms with van der Waals surface area (Å²) in [5, 5.41) is 6.21. The number of nitrogens with two attached hydrogens (primary N) is 1. The highest BCUT2D eigenvalue weighted by atomic mass is 79.9. The molecule has 0 unspecified atom stereocenters. The van der Waals surface area contributed by atoms with Gasteiger partial charge in [-0.2, -0.15) is 5.10 Å². The van der Waals surface area contributed by atoms with Gasteiger partial charge in [0.1, 0.15) is 5.75 Å². The van der Waals surface area contributed by atoms with Gasteiger partial charge in [0, 0.05) is 5.69 Å². The number of anilines is 1. The van der Waals surface area contributed by atoms with Crippen molar-refractivity contribution >= 4 is 44.0 Å². The highest BCUT2D eigenvalue weighted by Gasteiger charge is 2.08. The Kier molecular flexibility index (Phi) is 5.53. The maximum Gasteiger partial charge on any atom is 0.277 e. The van der Waals surface area contributed by atoms with E-state index in [2.05, 4.69) is 26.5 Å². The number of halogens is 1. The topological polar surface area (TPSA) is 76.7 Å². The Morgan fingerprint density at radius 2 is 1.96 bits per heavy atom. The average Bonchev–Trinajstić information content (AvgIpc) is 2.65. The summed E-state index contributed by atoms with van der Waals surface area (Å²) in [6.07, 6.45) is 0. The molecule has 132 valence electrons. The van der Waals surface area contributed by atoms with Crippen molar-refractivity contribution in [3.8, 4) is 5.75 Å². The van der Waals surface area contributed by atoms with E-state index in [9.17, 15) is 4.79 Å². The van der Waals surface area contributed by atoms with E-state index in [1.54, 1.807) is 19.1 Å². The fraction of sp³-hybridized carbons (Fsp3) is 0.100. The molecule has 0 heterocycles. The predicted molar refractivity (Wildman–Crippen MR) is 108 cm³/mol. The van der Waals surface area contributed by atoms with Gasteiger partial charge in [0.2, 0.25) is 0 Å². The number of rotatable bonds is 5. The first kappa shape index (κ1) is 17.9. The summed E-state index contributed by atoms with van der Waals surface area (Å²) in [5.74, 6) is 0.267. The van der Waals surface area contributed by atoms with Gasteiger partial charge >= 0.3 is 0 Å². The normalized spacial score (nSPS) is 11.4. The molecule has 3 aromatic carbocycles. The Bertz CT molecular complexity index is 986. The minimum Gasteiger partial charge on any atom is -0.483 e. The van der Waals surface area contributed by atoms with E-state index in [0.717, 1.165) is 20.8 Å². The molecular formula is C20H18BrN3O2. The van der Waals surface area contributed by atoms with Crippen LogP contribution in [0.1, 0.15) is 12.5 Å². The number of hydrogen-bond donors (Lipinski definition) is 2. The number of nitrogens with one attached hydrogen (secondary N) is 1. The van der Waals surface area contributed by atoms with Crippen molar-refractivity contribution in [1.82, 2.24) is 5.43 Å². The quantitative estimate of drug-likeness (QED) is 0.376. The van der Waals surface area contributed by atoms with Gasteiger partial charge in [-0.3, -0.25) is 4.79 Å². The largest absolute Gasteiger partial charge is 0.483 e. The molecule has 3 rings (SSSR count). The van der Waals surface area contributed by atoms with Crippen LogP contribution in [0.2, 0.25) is 0 Å². The molecule has 0 aliphatic heterocycles. The molecule has 0 aliphatic carbocycles. The second kappa shape index (κ2) is 8.01. The third-order valence-corrected chi connectivity index (χ3v) is 4.66. The smallest absolute Gasteiger partial charge is 0.277 e. The number of amides is 1. The Morgan fingerprint density at radius 1 is 1.15 bits per heavy atom. The maximum atomic E-state index is 12.0. The molecule has 6 heteroatoms. The molecule has 5 nitrogen and oxygen atoms in total. The van der Waals surface area contributed by atoms with Crippen LogP contribution < -0.4 is 15.9 Å². The van der Waals surface area contributed by atoms with Crippen molar-refractivity contribution < 1.29 is 9.53 Å². The second-order valence-electron chi connectivity index (χ2n) is 5.75. The van der Waals surface area contributed by atoms with Gasteiger partial charge in [-0.05, 0) is 57.4 Å². The summed E-state index contributed by atoms with van der Waals surface area (Å²) < 4.78 is 6.44.